The Morgan fingerprint density at radius 1 is 1.42 bits per heavy atom. The Kier molecular flexibility index (Phi) is 4.15. The fourth-order valence-corrected chi connectivity index (χ4v) is 2.13. The number of halogens is 3. The fraction of sp³-hybridized carbons (Fsp3) is 0.143. The van der Waals surface area contributed by atoms with E-state index in [0.717, 1.165) is 16.8 Å². The van der Waals surface area contributed by atoms with E-state index in [2.05, 4.69) is 11.6 Å². The molecule has 2 N–H and O–H groups in total. The molecule has 0 aliphatic rings. The summed E-state index contributed by atoms with van der Waals surface area (Å²) in [7, 11) is 0. The molecule has 126 valence electrons. The molecule has 0 saturated heterocycles. The Bertz CT molecular complexity index is 903. The van der Waals surface area contributed by atoms with E-state index in [1.807, 2.05) is 0 Å². The SMILES string of the molecule is C=Cn1c(-c2ccc([N+](=O)[O-])cc2C)nc(C(F)(F)F)c(N)c1=O. The van der Waals surface area contributed by atoms with Gasteiger partial charge in [-0.05, 0) is 18.6 Å². The van der Waals surface area contributed by atoms with E-state index in [9.17, 15) is 28.1 Å². The number of benzene rings is 1. The van der Waals surface area contributed by atoms with Crippen LogP contribution in [-0.2, 0) is 6.18 Å². The van der Waals surface area contributed by atoms with Crippen molar-refractivity contribution < 1.29 is 18.1 Å². The molecule has 0 unspecified atom stereocenters. The van der Waals surface area contributed by atoms with Crippen LogP contribution in [0.5, 0.6) is 0 Å². The van der Waals surface area contributed by atoms with Crippen molar-refractivity contribution in [1.29, 1.82) is 0 Å². The summed E-state index contributed by atoms with van der Waals surface area (Å²) in [5, 5.41) is 10.8. The fourth-order valence-electron chi connectivity index (χ4n) is 2.13. The van der Waals surface area contributed by atoms with Gasteiger partial charge in [0.05, 0.1) is 4.92 Å². The van der Waals surface area contributed by atoms with Gasteiger partial charge in [0.2, 0.25) is 0 Å². The number of nitrogens with two attached hydrogens (primary N) is 1. The Hall–Kier alpha value is -3.17. The van der Waals surface area contributed by atoms with Crippen molar-refractivity contribution in [2.75, 3.05) is 5.73 Å². The highest BCUT2D eigenvalue weighted by Crippen LogP contribution is 2.33. The number of hydrogen-bond donors (Lipinski definition) is 1. The second kappa shape index (κ2) is 5.80. The number of anilines is 1. The summed E-state index contributed by atoms with van der Waals surface area (Å²) in [6.45, 7) is 4.81. The zero-order valence-electron chi connectivity index (χ0n) is 12.3. The Morgan fingerprint density at radius 2 is 2.04 bits per heavy atom. The third-order valence-corrected chi connectivity index (χ3v) is 3.26. The third kappa shape index (κ3) is 2.85. The minimum Gasteiger partial charge on any atom is -0.392 e. The molecule has 1 aromatic heterocycles. The van der Waals surface area contributed by atoms with Crippen molar-refractivity contribution in [3.63, 3.8) is 0 Å². The topological polar surface area (TPSA) is 104 Å². The van der Waals surface area contributed by atoms with E-state index < -0.39 is 28.0 Å². The van der Waals surface area contributed by atoms with Crippen LogP contribution >= 0.6 is 0 Å². The van der Waals surface area contributed by atoms with Crippen LogP contribution in [0.3, 0.4) is 0 Å². The van der Waals surface area contributed by atoms with Gasteiger partial charge in [-0.3, -0.25) is 19.5 Å². The van der Waals surface area contributed by atoms with Crippen molar-refractivity contribution >= 4 is 17.6 Å². The number of nitro benzene ring substituents is 1. The van der Waals surface area contributed by atoms with Gasteiger partial charge < -0.3 is 5.73 Å². The van der Waals surface area contributed by atoms with Gasteiger partial charge in [0, 0.05) is 23.9 Å². The van der Waals surface area contributed by atoms with Crippen LogP contribution in [0.25, 0.3) is 17.6 Å². The lowest BCUT2D eigenvalue weighted by Crippen LogP contribution is -2.27. The first kappa shape index (κ1) is 17.2. The molecule has 10 heteroatoms. The number of non-ortho nitro benzene ring substituents is 1. The molecule has 0 aliphatic carbocycles. The molecular weight excluding hydrogens is 329 g/mol. The number of nitrogen functional groups attached to an aromatic ring is 1. The highest BCUT2D eigenvalue weighted by atomic mass is 19.4. The molecule has 24 heavy (non-hydrogen) atoms. The summed E-state index contributed by atoms with van der Waals surface area (Å²) in [5.41, 5.74) is 1.69. The molecule has 7 nitrogen and oxygen atoms in total. The van der Waals surface area contributed by atoms with Crippen molar-refractivity contribution in [1.82, 2.24) is 9.55 Å². The third-order valence-electron chi connectivity index (χ3n) is 3.26. The average Bonchev–Trinajstić information content (AvgIpc) is 2.48. The maximum atomic E-state index is 13.0. The number of aromatic nitrogens is 2. The molecule has 0 radical (unpaired) electrons. The number of aryl methyl sites for hydroxylation is 1. The van der Waals surface area contributed by atoms with Gasteiger partial charge in [-0.2, -0.15) is 13.2 Å². The van der Waals surface area contributed by atoms with Gasteiger partial charge in [-0.25, -0.2) is 4.98 Å². The quantitative estimate of drug-likeness (QED) is 0.683. The van der Waals surface area contributed by atoms with Crippen LogP contribution < -0.4 is 11.3 Å². The van der Waals surface area contributed by atoms with Crippen LogP contribution in [0.4, 0.5) is 24.5 Å². The molecule has 2 aromatic rings. The van der Waals surface area contributed by atoms with Crippen molar-refractivity contribution in [2.24, 2.45) is 0 Å². The maximum absolute atomic E-state index is 13.0. The number of nitro groups is 1. The molecule has 1 aromatic carbocycles. The normalized spacial score (nSPS) is 11.3. The zero-order valence-corrected chi connectivity index (χ0v) is 12.3. The first-order valence-electron chi connectivity index (χ1n) is 6.45. The molecule has 1 heterocycles. The van der Waals surface area contributed by atoms with Gasteiger partial charge in [0.25, 0.3) is 11.2 Å². The molecule has 0 amide bonds. The molecule has 0 bridgehead atoms. The van der Waals surface area contributed by atoms with E-state index in [1.165, 1.54) is 19.1 Å². The largest absolute Gasteiger partial charge is 0.435 e. The van der Waals surface area contributed by atoms with Gasteiger partial charge in [0.15, 0.2) is 5.69 Å². The predicted octanol–water partition coefficient (Wildman–Crippen LogP) is 2.83. The summed E-state index contributed by atoms with van der Waals surface area (Å²) in [5.74, 6) is -0.357. The lowest BCUT2D eigenvalue weighted by molar-refractivity contribution is -0.384. The van der Waals surface area contributed by atoms with Gasteiger partial charge in [-0.1, -0.05) is 6.58 Å². The summed E-state index contributed by atoms with van der Waals surface area (Å²) in [4.78, 5) is 25.6. The summed E-state index contributed by atoms with van der Waals surface area (Å²) < 4.78 is 39.8. The van der Waals surface area contributed by atoms with Crippen molar-refractivity contribution in [3.05, 3.63) is 56.5 Å². The van der Waals surface area contributed by atoms with E-state index >= 15 is 0 Å². The number of hydrogen-bond acceptors (Lipinski definition) is 5. The number of rotatable bonds is 3. The summed E-state index contributed by atoms with van der Waals surface area (Å²) >= 11 is 0. The lowest BCUT2D eigenvalue weighted by Gasteiger charge is -2.15. The summed E-state index contributed by atoms with van der Waals surface area (Å²) in [6.07, 6.45) is -3.95. The van der Waals surface area contributed by atoms with Crippen LogP contribution in [0.2, 0.25) is 0 Å². The van der Waals surface area contributed by atoms with Gasteiger partial charge in [0.1, 0.15) is 11.5 Å². The molecule has 2 rings (SSSR count). The molecule has 0 spiro atoms. The Labute approximate surface area is 133 Å². The first-order chi connectivity index (χ1) is 11.1. The molecular formula is C14H11F3N4O3. The van der Waals surface area contributed by atoms with E-state index in [4.69, 9.17) is 5.73 Å². The number of alkyl halides is 3. The molecule has 0 fully saturated rings. The molecule has 0 aliphatic heterocycles. The van der Waals surface area contributed by atoms with Gasteiger partial charge in [-0.15, -0.1) is 0 Å². The Morgan fingerprint density at radius 3 is 2.50 bits per heavy atom. The minimum atomic E-state index is -4.92. The monoisotopic (exact) mass is 340 g/mol. The molecule has 0 atom stereocenters. The standard InChI is InChI=1S/C14H11F3N4O3/c1-3-20-12(9-5-4-8(21(23)24)6-7(9)2)19-11(14(15,16)17)10(18)13(20)22/h3-6H,1,18H2,2H3. The highest BCUT2D eigenvalue weighted by Gasteiger charge is 2.37. The Balaban J connectivity index is 2.84. The van der Waals surface area contributed by atoms with E-state index in [-0.39, 0.29) is 22.6 Å². The first-order valence-corrected chi connectivity index (χ1v) is 6.45. The van der Waals surface area contributed by atoms with Crippen molar-refractivity contribution in [2.45, 2.75) is 13.1 Å². The van der Waals surface area contributed by atoms with Crippen LogP contribution in [0, 0.1) is 17.0 Å². The minimum absolute atomic E-state index is 0.114. The zero-order chi connectivity index (χ0) is 18.2. The van der Waals surface area contributed by atoms with Gasteiger partial charge >= 0.3 is 6.18 Å². The van der Waals surface area contributed by atoms with Crippen molar-refractivity contribution in [3.8, 4) is 11.4 Å². The maximum Gasteiger partial charge on any atom is 0.435 e. The average molecular weight is 340 g/mol. The van der Waals surface area contributed by atoms with Crippen LogP contribution in [0.15, 0.2) is 29.6 Å². The second-order valence-corrected chi connectivity index (χ2v) is 4.81. The molecule has 0 saturated carbocycles. The smallest absolute Gasteiger partial charge is 0.392 e. The van der Waals surface area contributed by atoms with Crippen LogP contribution in [0.1, 0.15) is 11.3 Å². The van der Waals surface area contributed by atoms with E-state index in [1.54, 1.807) is 0 Å². The lowest BCUT2D eigenvalue weighted by atomic mass is 10.1. The number of nitrogens with zero attached hydrogens (tertiary/aromatic N) is 3. The second-order valence-electron chi connectivity index (χ2n) is 4.81. The summed E-state index contributed by atoms with van der Waals surface area (Å²) in [6, 6.07) is 3.48. The highest BCUT2D eigenvalue weighted by molar-refractivity contribution is 5.66. The van der Waals surface area contributed by atoms with E-state index in [0.29, 0.717) is 0 Å². The predicted molar refractivity (Wildman–Crippen MR) is 81.1 cm³/mol. The van der Waals surface area contributed by atoms with Crippen LogP contribution in [-0.4, -0.2) is 14.5 Å².